The van der Waals surface area contributed by atoms with Crippen LogP contribution in [0.5, 0.6) is 0 Å². The molecule has 0 atom stereocenters. The van der Waals surface area contributed by atoms with E-state index in [1.807, 2.05) is 48.5 Å². The Balaban J connectivity index is 0.00000132. The van der Waals surface area contributed by atoms with Crippen molar-refractivity contribution in [2.45, 2.75) is 0 Å². The average molecular weight is 415 g/mol. The number of hydrogen-bond acceptors (Lipinski definition) is 3. The highest BCUT2D eigenvalue weighted by molar-refractivity contribution is 9.10. The van der Waals surface area contributed by atoms with Crippen LogP contribution in [-0.4, -0.2) is 16.2 Å². The molecule has 0 bridgehead atoms. The third-order valence-electron chi connectivity index (χ3n) is 3.06. The fourth-order valence-corrected chi connectivity index (χ4v) is 2.74. The molecule has 0 aliphatic heterocycles. The van der Waals surface area contributed by atoms with Crippen molar-refractivity contribution in [3.63, 3.8) is 0 Å². The van der Waals surface area contributed by atoms with Gasteiger partial charge in [0.2, 0.25) is 0 Å². The van der Waals surface area contributed by atoms with Gasteiger partial charge < -0.3 is 11.1 Å². The predicted molar refractivity (Wildman–Crippen MR) is 103 cm³/mol. The van der Waals surface area contributed by atoms with Crippen LogP contribution in [0.4, 0.5) is 5.82 Å². The van der Waals surface area contributed by atoms with E-state index in [1.54, 1.807) is 0 Å². The summed E-state index contributed by atoms with van der Waals surface area (Å²) in [5.74, 6) is 0.290. The lowest BCUT2D eigenvalue weighted by atomic mass is 10.0. The number of fused-ring (bicyclic) bond motifs is 1. The average Bonchev–Trinajstić information content (AvgIpc) is 2.48. The van der Waals surface area contributed by atoms with Gasteiger partial charge in [0.05, 0.1) is 0 Å². The molecule has 0 fully saturated rings. The van der Waals surface area contributed by atoms with Gasteiger partial charge in [-0.15, -0.1) is 35.0 Å². The van der Waals surface area contributed by atoms with E-state index in [2.05, 4.69) is 31.4 Å². The normalized spacial score (nSPS) is 9.61. The Hall–Kier alpha value is -1.89. The molecule has 5 nitrogen and oxygen atoms in total. The second-order valence-electron chi connectivity index (χ2n) is 4.46. The first kappa shape index (κ1) is 19.2. The first-order chi connectivity index (χ1) is 10.2. The lowest BCUT2D eigenvalue weighted by molar-refractivity contribution is 1.06. The fourth-order valence-electron chi connectivity index (χ4n) is 2.19. The van der Waals surface area contributed by atoms with Gasteiger partial charge in [-0.2, -0.15) is 0 Å². The number of aromatic nitrogens is 2. The first-order valence-corrected chi connectivity index (χ1v) is 7.07. The highest BCUT2D eigenvalue weighted by atomic mass is 79.9. The minimum Gasteiger partial charge on any atom is -0.370 e. The molecule has 4 N–H and O–H groups in total. The molecule has 120 valence electrons. The van der Waals surface area contributed by atoms with Gasteiger partial charge in [0.15, 0.2) is 11.8 Å². The molecule has 0 radical (unpaired) electrons. The minimum absolute atomic E-state index is 0. The summed E-state index contributed by atoms with van der Waals surface area (Å²) < 4.78 is 0.871. The number of benzene rings is 2. The number of hydrogen-bond donors (Lipinski definition) is 3. The molecule has 0 unspecified atom stereocenters. The molecule has 0 saturated carbocycles. The number of nitrogens with two attached hydrogens (primary N) is 1. The zero-order valence-electron chi connectivity index (χ0n) is 11.8. The highest BCUT2D eigenvalue weighted by Gasteiger charge is 2.13. The number of halogens is 3. The van der Waals surface area contributed by atoms with Crippen LogP contribution in [0.2, 0.25) is 0 Å². The Kier molecular flexibility index (Phi) is 6.75. The summed E-state index contributed by atoms with van der Waals surface area (Å²) in [6.07, 6.45) is 0. The van der Waals surface area contributed by atoms with E-state index in [4.69, 9.17) is 11.1 Å². The molecule has 3 aromatic rings. The number of nitrogens with zero attached hydrogens (tertiary/aromatic N) is 2. The van der Waals surface area contributed by atoms with Gasteiger partial charge in [0.1, 0.15) is 5.69 Å². The maximum atomic E-state index is 7.38. The van der Waals surface area contributed by atoms with Gasteiger partial charge >= 0.3 is 0 Å². The third kappa shape index (κ3) is 3.90. The summed E-state index contributed by atoms with van der Waals surface area (Å²) in [5.41, 5.74) is 7.18. The maximum absolute atomic E-state index is 7.38. The summed E-state index contributed by atoms with van der Waals surface area (Å²) in [5, 5.41) is 20.3. The van der Waals surface area contributed by atoms with Gasteiger partial charge in [-0.3, -0.25) is 5.41 Å². The summed E-state index contributed by atoms with van der Waals surface area (Å²) in [6, 6.07) is 15.7. The number of nitrogens with one attached hydrogen (secondary N) is 2. The highest BCUT2D eigenvalue weighted by Crippen LogP contribution is 2.34. The van der Waals surface area contributed by atoms with Gasteiger partial charge in [-0.05, 0) is 6.07 Å². The molecule has 0 aliphatic rings. The van der Waals surface area contributed by atoms with E-state index >= 15 is 0 Å². The molecule has 23 heavy (non-hydrogen) atoms. The standard InChI is InChI=1S/C15H12BrN5.2ClH/c16-11-8-4-7-10-12(11)14(19-15(17)18)21-20-13(10)9-5-2-1-3-6-9;;/h1-8H,(H4,17,18,19,21);2*1H. The molecule has 0 aliphatic carbocycles. The van der Waals surface area contributed by atoms with Crippen LogP contribution in [0.15, 0.2) is 53.0 Å². The van der Waals surface area contributed by atoms with Crippen molar-refractivity contribution in [3.8, 4) is 11.3 Å². The molecule has 1 aromatic heterocycles. The lowest BCUT2D eigenvalue weighted by Crippen LogP contribution is -2.21. The van der Waals surface area contributed by atoms with Gasteiger partial charge in [0, 0.05) is 20.8 Å². The summed E-state index contributed by atoms with van der Waals surface area (Å²) in [7, 11) is 0. The zero-order chi connectivity index (χ0) is 14.8. The van der Waals surface area contributed by atoms with Crippen LogP contribution in [-0.2, 0) is 0 Å². The van der Waals surface area contributed by atoms with E-state index < -0.39 is 0 Å². The molecule has 0 spiro atoms. The monoisotopic (exact) mass is 413 g/mol. The van der Waals surface area contributed by atoms with Gasteiger partial charge in [-0.25, -0.2) is 0 Å². The minimum atomic E-state index is -0.172. The topological polar surface area (TPSA) is 87.7 Å². The smallest absolute Gasteiger partial charge is 0.191 e. The largest absolute Gasteiger partial charge is 0.370 e. The molecule has 2 aromatic carbocycles. The Labute approximate surface area is 154 Å². The van der Waals surface area contributed by atoms with E-state index in [9.17, 15) is 0 Å². The second kappa shape index (κ2) is 8.10. The second-order valence-corrected chi connectivity index (χ2v) is 5.32. The summed E-state index contributed by atoms with van der Waals surface area (Å²) >= 11 is 3.53. The third-order valence-corrected chi connectivity index (χ3v) is 3.72. The molecule has 8 heteroatoms. The Morgan fingerprint density at radius 1 is 1.00 bits per heavy atom. The molecular weight excluding hydrogens is 401 g/mol. The lowest BCUT2D eigenvalue weighted by Gasteiger charge is -2.11. The van der Waals surface area contributed by atoms with Crippen LogP contribution in [0.3, 0.4) is 0 Å². The zero-order valence-corrected chi connectivity index (χ0v) is 15.0. The van der Waals surface area contributed by atoms with E-state index in [1.165, 1.54) is 0 Å². The van der Waals surface area contributed by atoms with Crippen molar-refractivity contribution in [1.29, 1.82) is 5.41 Å². The Bertz CT molecular complexity index is 827. The first-order valence-electron chi connectivity index (χ1n) is 6.28. The summed E-state index contributed by atoms with van der Waals surface area (Å²) in [6.45, 7) is 0. The quantitative estimate of drug-likeness (QED) is 0.433. The van der Waals surface area contributed by atoms with Crippen molar-refractivity contribution >= 4 is 63.3 Å². The predicted octanol–water partition coefficient (Wildman–Crippen LogP) is 4.21. The van der Waals surface area contributed by atoms with Crippen molar-refractivity contribution in [2.24, 2.45) is 5.73 Å². The van der Waals surface area contributed by atoms with E-state index in [0.29, 0.717) is 5.82 Å². The number of rotatable bonds is 2. The number of anilines is 1. The van der Waals surface area contributed by atoms with Crippen LogP contribution in [0.25, 0.3) is 22.0 Å². The molecule has 3 rings (SSSR count). The van der Waals surface area contributed by atoms with Crippen molar-refractivity contribution in [3.05, 3.63) is 53.0 Å². The van der Waals surface area contributed by atoms with E-state index in [0.717, 1.165) is 26.5 Å². The number of guanidine groups is 1. The van der Waals surface area contributed by atoms with Crippen LogP contribution < -0.4 is 11.1 Å². The van der Waals surface area contributed by atoms with Crippen LogP contribution in [0, 0.1) is 5.41 Å². The molecule has 0 amide bonds. The van der Waals surface area contributed by atoms with Crippen LogP contribution >= 0.6 is 40.7 Å². The van der Waals surface area contributed by atoms with Crippen molar-refractivity contribution in [2.75, 3.05) is 5.32 Å². The van der Waals surface area contributed by atoms with Gasteiger partial charge in [-0.1, -0.05) is 58.4 Å². The molecule has 0 saturated heterocycles. The Morgan fingerprint density at radius 2 is 1.70 bits per heavy atom. The SMILES string of the molecule is Cl.Cl.N=C(N)Nc1nnc(-c2ccccc2)c2cccc(Br)c12. The molecular formula is C15H14BrCl2N5. The summed E-state index contributed by atoms with van der Waals surface area (Å²) in [4.78, 5) is 0. The van der Waals surface area contributed by atoms with E-state index in [-0.39, 0.29) is 30.8 Å². The van der Waals surface area contributed by atoms with Gasteiger partial charge in [0.25, 0.3) is 0 Å². The van der Waals surface area contributed by atoms with Crippen LogP contribution in [0.1, 0.15) is 0 Å². The van der Waals surface area contributed by atoms with Crippen molar-refractivity contribution < 1.29 is 0 Å². The maximum Gasteiger partial charge on any atom is 0.191 e. The fraction of sp³-hybridized carbons (Fsp3) is 0. The Morgan fingerprint density at radius 3 is 2.35 bits per heavy atom. The molecule has 1 heterocycles. The van der Waals surface area contributed by atoms with Crippen molar-refractivity contribution in [1.82, 2.24) is 10.2 Å².